The van der Waals surface area contributed by atoms with Crippen LogP contribution in [-0.2, 0) is 10.3 Å². The Balaban J connectivity index is 2.16. The van der Waals surface area contributed by atoms with Gasteiger partial charge in [0.2, 0.25) is 0 Å². The molecule has 5 nitrogen and oxygen atoms in total. The number of hydrogen-bond donors (Lipinski definition) is 2. The number of carbonyl (C=O) groups is 2. The molecule has 0 aliphatic carbocycles. The van der Waals surface area contributed by atoms with Crippen molar-refractivity contribution < 1.29 is 14.3 Å². The van der Waals surface area contributed by atoms with Gasteiger partial charge in [-0.2, -0.15) is 0 Å². The number of hydrogen-bond acceptors (Lipinski definition) is 3. The van der Waals surface area contributed by atoms with Crippen LogP contribution in [-0.4, -0.2) is 18.0 Å². The van der Waals surface area contributed by atoms with Crippen molar-refractivity contribution in [3.63, 3.8) is 0 Å². The third-order valence-corrected chi connectivity index (χ3v) is 3.69. The lowest BCUT2D eigenvalue weighted by atomic mass is 9.92. The molecule has 2 N–H and O–H groups in total. The summed E-state index contributed by atoms with van der Waals surface area (Å²) < 4.78 is 5.82. The SMILES string of the molecule is CCC(CC)Oc1ccc([C@@]2(C)NC(=O)NC2=O)cc1. The zero-order valence-corrected chi connectivity index (χ0v) is 12.0. The molecule has 0 radical (unpaired) electrons. The fourth-order valence-corrected chi connectivity index (χ4v) is 2.26. The number of imide groups is 1. The molecule has 0 bridgehead atoms. The molecule has 2 rings (SSSR count). The van der Waals surface area contributed by atoms with Crippen molar-refractivity contribution in [3.8, 4) is 5.75 Å². The summed E-state index contributed by atoms with van der Waals surface area (Å²) in [7, 11) is 0. The first kappa shape index (κ1) is 14.4. The number of rotatable bonds is 5. The predicted molar refractivity (Wildman–Crippen MR) is 75.5 cm³/mol. The third-order valence-electron chi connectivity index (χ3n) is 3.69. The van der Waals surface area contributed by atoms with E-state index in [1.807, 2.05) is 24.3 Å². The summed E-state index contributed by atoms with van der Waals surface area (Å²) in [5.74, 6) is 0.437. The van der Waals surface area contributed by atoms with E-state index in [4.69, 9.17) is 4.74 Å². The van der Waals surface area contributed by atoms with Gasteiger partial charge in [-0.3, -0.25) is 10.1 Å². The van der Waals surface area contributed by atoms with Crippen molar-refractivity contribution in [1.29, 1.82) is 0 Å². The third kappa shape index (κ3) is 2.61. The van der Waals surface area contributed by atoms with Gasteiger partial charge < -0.3 is 10.1 Å². The highest BCUT2D eigenvalue weighted by Crippen LogP contribution is 2.26. The van der Waals surface area contributed by atoms with Crippen molar-refractivity contribution in [2.45, 2.75) is 45.3 Å². The number of benzene rings is 1. The Labute approximate surface area is 118 Å². The smallest absolute Gasteiger partial charge is 0.322 e. The molecule has 1 aliphatic heterocycles. The summed E-state index contributed by atoms with van der Waals surface area (Å²) in [5.41, 5.74) is -0.275. The van der Waals surface area contributed by atoms with Gasteiger partial charge in [0.1, 0.15) is 11.3 Å². The van der Waals surface area contributed by atoms with E-state index in [1.54, 1.807) is 6.92 Å². The van der Waals surface area contributed by atoms with Crippen LogP contribution in [0.4, 0.5) is 4.79 Å². The van der Waals surface area contributed by atoms with Gasteiger partial charge in [0.05, 0.1) is 6.10 Å². The molecule has 1 atom stereocenters. The van der Waals surface area contributed by atoms with E-state index in [0.717, 1.165) is 24.2 Å². The second-order valence-corrected chi connectivity index (χ2v) is 5.11. The van der Waals surface area contributed by atoms with Gasteiger partial charge in [0.15, 0.2) is 0 Å². The molecular formula is C15H20N2O3. The van der Waals surface area contributed by atoms with E-state index < -0.39 is 11.6 Å². The number of ether oxygens (including phenoxy) is 1. The van der Waals surface area contributed by atoms with E-state index >= 15 is 0 Å². The summed E-state index contributed by atoms with van der Waals surface area (Å²) in [6.45, 7) is 5.86. The molecule has 5 heteroatoms. The number of urea groups is 1. The minimum Gasteiger partial charge on any atom is -0.490 e. The van der Waals surface area contributed by atoms with Crippen LogP contribution in [0.25, 0.3) is 0 Å². The molecule has 0 spiro atoms. The number of carbonyl (C=O) groups excluding carboxylic acids is 2. The van der Waals surface area contributed by atoms with Crippen molar-refractivity contribution in [3.05, 3.63) is 29.8 Å². The van der Waals surface area contributed by atoms with E-state index in [-0.39, 0.29) is 12.0 Å². The maximum Gasteiger partial charge on any atom is 0.322 e. The zero-order valence-electron chi connectivity index (χ0n) is 12.0. The van der Waals surface area contributed by atoms with Gasteiger partial charge in [0, 0.05) is 0 Å². The zero-order chi connectivity index (χ0) is 14.8. The Kier molecular flexibility index (Phi) is 3.97. The fourth-order valence-electron chi connectivity index (χ4n) is 2.26. The maximum atomic E-state index is 11.8. The van der Waals surface area contributed by atoms with Crippen LogP contribution < -0.4 is 15.4 Å². The predicted octanol–water partition coefficient (Wildman–Crippen LogP) is 2.31. The molecule has 108 valence electrons. The molecular weight excluding hydrogens is 256 g/mol. The molecule has 1 heterocycles. The fraction of sp³-hybridized carbons (Fsp3) is 0.467. The van der Waals surface area contributed by atoms with Crippen molar-refractivity contribution in [2.75, 3.05) is 0 Å². The van der Waals surface area contributed by atoms with Crippen LogP contribution in [0.1, 0.15) is 39.2 Å². The Hall–Kier alpha value is -2.04. The Morgan fingerprint density at radius 3 is 2.20 bits per heavy atom. The summed E-state index contributed by atoms with van der Waals surface area (Å²) in [6.07, 6.45) is 2.11. The standard InChI is InChI=1S/C15H20N2O3/c1-4-11(5-2)20-12-8-6-10(7-9-12)15(3)13(18)16-14(19)17-15/h6-9,11H,4-5H2,1-3H3,(H2,16,17,18,19)/t15-/m1/s1. The molecule has 20 heavy (non-hydrogen) atoms. The van der Waals surface area contributed by atoms with Crippen LogP contribution in [0.15, 0.2) is 24.3 Å². The van der Waals surface area contributed by atoms with Crippen molar-refractivity contribution >= 4 is 11.9 Å². The van der Waals surface area contributed by atoms with E-state index in [0.29, 0.717) is 0 Å². The summed E-state index contributed by atoms with van der Waals surface area (Å²) in [4.78, 5) is 23.1. The highest BCUT2D eigenvalue weighted by molar-refractivity contribution is 6.07. The Morgan fingerprint density at radius 2 is 1.75 bits per heavy atom. The molecule has 3 amide bonds. The van der Waals surface area contributed by atoms with Crippen LogP contribution in [0.3, 0.4) is 0 Å². The van der Waals surface area contributed by atoms with Crippen LogP contribution in [0, 0.1) is 0 Å². The topological polar surface area (TPSA) is 67.4 Å². The summed E-state index contributed by atoms with van der Waals surface area (Å²) in [5, 5.41) is 4.89. The molecule has 1 fully saturated rings. The maximum absolute atomic E-state index is 11.8. The second-order valence-electron chi connectivity index (χ2n) is 5.11. The lowest BCUT2D eigenvalue weighted by molar-refractivity contribution is -0.123. The van der Waals surface area contributed by atoms with Crippen molar-refractivity contribution in [1.82, 2.24) is 10.6 Å². The van der Waals surface area contributed by atoms with E-state index in [9.17, 15) is 9.59 Å². The normalized spacial score (nSPS) is 21.8. The van der Waals surface area contributed by atoms with E-state index in [1.165, 1.54) is 0 Å². The molecule has 0 aromatic heterocycles. The first-order valence-corrected chi connectivity index (χ1v) is 6.90. The van der Waals surface area contributed by atoms with Gasteiger partial charge in [-0.1, -0.05) is 26.0 Å². The first-order valence-electron chi connectivity index (χ1n) is 6.90. The highest BCUT2D eigenvalue weighted by Gasteiger charge is 2.43. The van der Waals surface area contributed by atoms with Gasteiger partial charge in [0.25, 0.3) is 5.91 Å². The first-order chi connectivity index (χ1) is 9.49. The second kappa shape index (κ2) is 5.53. The summed E-state index contributed by atoms with van der Waals surface area (Å²) in [6, 6.07) is 6.81. The monoisotopic (exact) mass is 276 g/mol. The highest BCUT2D eigenvalue weighted by atomic mass is 16.5. The van der Waals surface area contributed by atoms with Gasteiger partial charge in [-0.15, -0.1) is 0 Å². The van der Waals surface area contributed by atoms with Gasteiger partial charge >= 0.3 is 6.03 Å². The van der Waals surface area contributed by atoms with Gasteiger partial charge in [-0.05, 0) is 37.5 Å². The Bertz CT molecular complexity index is 508. The van der Waals surface area contributed by atoms with Gasteiger partial charge in [-0.25, -0.2) is 4.79 Å². The minimum absolute atomic E-state index is 0.200. The molecule has 1 saturated heterocycles. The average molecular weight is 276 g/mol. The minimum atomic E-state index is -1.01. The molecule has 1 aromatic rings. The van der Waals surface area contributed by atoms with Crippen molar-refractivity contribution in [2.24, 2.45) is 0 Å². The Morgan fingerprint density at radius 1 is 1.15 bits per heavy atom. The lowest BCUT2D eigenvalue weighted by Crippen LogP contribution is -2.40. The molecule has 0 saturated carbocycles. The number of amides is 3. The van der Waals surface area contributed by atoms with Crippen LogP contribution in [0.2, 0.25) is 0 Å². The number of nitrogens with one attached hydrogen (secondary N) is 2. The molecule has 1 aromatic carbocycles. The molecule has 0 unspecified atom stereocenters. The van der Waals surface area contributed by atoms with E-state index in [2.05, 4.69) is 24.5 Å². The summed E-state index contributed by atoms with van der Waals surface area (Å²) >= 11 is 0. The van der Waals surface area contributed by atoms with Crippen LogP contribution >= 0.6 is 0 Å². The lowest BCUT2D eigenvalue weighted by Gasteiger charge is -2.22. The van der Waals surface area contributed by atoms with Crippen LogP contribution in [0.5, 0.6) is 5.75 Å². The quantitative estimate of drug-likeness (QED) is 0.811. The average Bonchev–Trinajstić information content (AvgIpc) is 2.71. The largest absolute Gasteiger partial charge is 0.490 e. The molecule has 1 aliphatic rings.